The average Bonchev–Trinajstić information content (AvgIpc) is 3.01. The lowest BCUT2D eigenvalue weighted by Gasteiger charge is -2.36. The molecule has 2 aliphatic heterocycles. The summed E-state index contributed by atoms with van der Waals surface area (Å²) in [7, 11) is 0. The first-order valence-corrected chi connectivity index (χ1v) is 8.25. The fourth-order valence-corrected chi connectivity index (χ4v) is 3.18. The molecule has 6 nitrogen and oxygen atoms in total. The standard InChI is InChI=1S/C18H21N3O3/c1-3-23-17(22)13-21-10-8-18(9-11-21)12-16(20-24-18)14-4-6-15(19-2)7-5-14/h4-7H,3,8-13H2,1H3. The van der Waals surface area contributed by atoms with Crippen LogP contribution in [0.25, 0.3) is 4.85 Å². The lowest BCUT2D eigenvalue weighted by Crippen LogP contribution is -2.46. The highest BCUT2D eigenvalue weighted by molar-refractivity contribution is 6.01. The first-order valence-electron chi connectivity index (χ1n) is 8.25. The summed E-state index contributed by atoms with van der Waals surface area (Å²) in [5, 5.41) is 4.28. The monoisotopic (exact) mass is 327 g/mol. The SMILES string of the molecule is [C-]#[N+]c1ccc(C2=NOC3(CCN(CC(=O)OCC)CC3)C2)cc1. The van der Waals surface area contributed by atoms with E-state index in [1.165, 1.54) is 0 Å². The smallest absolute Gasteiger partial charge is 0.320 e. The van der Waals surface area contributed by atoms with Gasteiger partial charge in [-0.2, -0.15) is 0 Å². The minimum absolute atomic E-state index is 0.169. The third-order valence-corrected chi connectivity index (χ3v) is 4.59. The molecule has 1 spiro atoms. The lowest BCUT2D eigenvalue weighted by molar-refractivity contribution is -0.146. The summed E-state index contributed by atoms with van der Waals surface area (Å²) in [6, 6.07) is 7.45. The zero-order chi connectivity index (χ0) is 17.0. The van der Waals surface area contributed by atoms with Crippen LogP contribution < -0.4 is 0 Å². The predicted octanol–water partition coefficient (Wildman–Crippen LogP) is 2.76. The number of ether oxygens (including phenoxy) is 1. The van der Waals surface area contributed by atoms with Gasteiger partial charge in [-0.3, -0.25) is 9.69 Å². The number of rotatable bonds is 4. The zero-order valence-corrected chi connectivity index (χ0v) is 13.8. The molecule has 1 aromatic rings. The Kier molecular flexibility index (Phi) is 4.81. The number of hydrogen-bond acceptors (Lipinski definition) is 5. The molecule has 0 saturated carbocycles. The van der Waals surface area contributed by atoms with Gasteiger partial charge in [-0.15, -0.1) is 0 Å². The van der Waals surface area contributed by atoms with Crippen LogP contribution in [0.15, 0.2) is 29.4 Å². The third-order valence-electron chi connectivity index (χ3n) is 4.59. The molecule has 1 saturated heterocycles. The minimum atomic E-state index is -0.251. The summed E-state index contributed by atoms with van der Waals surface area (Å²) in [6.45, 7) is 11.2. The van der Waals surface area contributed by atoms with Crippen molar-refractivity contribution in [2.45, 2.75) is 31.8 Å². The van der Waals surface area contributed by atoms with E-state index < -0.39 is 0 Å². The molecule has 0 unspecified atom stereocenters. The Morgan fingerprint density at radius 3 is 2.71 bits per heavy atom. The molecular weight excluding hydrogens is 306 g/mol. The number of oxime groups is 1. The van der Waals surface area contributed by atoms with Crippen molar-refractivity contribution in [2.24, 2.45) is 5.16 Å². The molecule has 126 valence electrons. The van der Waals surface area contributed by atoms with Gasteiger partial charge in [0.1, 0.15) is 5.60 Å². The molecule has 2 aliphatic rings. The fourth-order valence-electron chi connectivity index (χ4n) is 3.18. The Labute approximate surface area is 141 Å². The van der Waals surface area contributed by atoms with Gasteiger partial charge in [-0.25, -0.2) is 4.85 Å². The molecule has 24 heavy (non-hydrogen) atoms. The van der Waals surface area contributed by atoms with Crippen molar-refractivity contribution in [1.82, 2.24) is 4.90 Å². The van der Waals surface area contributed by atoms with E-state index in [0.717, 1.165) is 43.6 Å². The van der Waals surface area contributed by atoms with Gasteiger partial charge in [0.2, 0.25) is 0 Å². The highest BCUT2D eigenvalue weighted by Gasteiger charge is 2.42. The maximum atomic E-state index is 11.6. The summed E-state index contributed by atoms with van der Waals surface area (Å²) in [6.07, 6.45) is 2.47. The molecule has 6 heteroatoms. The lowest BCUT2D eigenvalue weighted by atomic mass is 9.85. The number of nitrogens with zero attached hydrogens (tertiary/aromatic N) is 3. The van der Waals surface area contributed by atoms with E-state index in [0.29, 0.717) is 18.8 Å². The average molecular weight is 327 g/mol. The van der Waals surface area contributed by atoms with Crippen molar-refractivity contribution in [3.05, 3.63) is 41.2 Å². The molecule has 0 amide bonds. The fraction of sp³-hybridized carbons (Fsp3) is 0.500. The molecule has 0 N–H and O–H groups in total. The van der Waals surface area contributed by atoms with Crippen LogP contribution in [0.1, 0.15) is 31.7 Å². The second-order valence-electron chi connectivity index (χ2n) is 6.23. The predicted molar refractivity (Wildman–Crippen MR) is 90.0 cm³/mol. The third kappa shape index (κ3) is 3.57. The molecule has 0 aromatic heterocycles. The first kappa shape index (κ1) is 16.5. The van der Waals surface area contributed by atoms with Crippen LogP contribution in [0, 0.1) is 6.57 Å². The first-order chi connectivity index (χ1) is 11.6. The van der Waals surface area contributed by atoms with Gasteiger partial charge in [0.15, 0.2) is 5.69 Å². The van der Waals surface area contributed by atoms with Crippen LogP contribution in [0.4, 0.5) is 5.69 Å². The van der Waals surface area contributed by atoms with Crippen molar-refractivity contribution in [3.8, 4) is 0 Å². The molecule has 0 aliphatic carbocycles. The van der Waals surface area contributed by atoms with Crippen LogP contribution >= 0.6 is 0 Å². The Morgan fingerprint density at radius 1 is 1.38 bits per heavy atom. The number of carbonyl (C=O) groups is 1. The van der Waals surface area contributed by atoms with Crippen molar-refractivity contribution >= 4 is 17.4 Å². The van der Waals surface area contributed by atoms with Crippen molar-refractivity contribution in [3.63, 3.8) is 0 Å². The van der Waals surface area contributed by atoms with Crippen molar-refractivity contribution < 1.29 is 14.4 Å². The van der Waals surface area contributed by atoms with Gasteiger partial charge in [0, 0.05) is 32.4 Å². The van der Waals surface area contributed by atoms with Crippen LogP contribution in [-0.2, 0) is 14.4 Å². The van der Waals surface area contributed by atoms with E-state index in [1.807, 2.05) is 19.1 Å². The van der Waals surface area contributed by atoms with Crippen LogP contribution in [0.3, 0.4) is 0 Å². The summed E-state index contributed by atoms with van der Waals surface area (Å²) in [5.74, 6) is -0.169. The number of esters is 1. The highest BCUT2D eigenvalue weighted by Crippen LogP contribution is 2.36. The molecule has 1 aromatic carbocycles. The zero-order valence-electron chi connectivity index (χ0n) is 13.8. The van der Waals surface area contributed by atoms with E-state index in [1.54, 1.807) is 12.1 Å². The minimum Gasteiger partial charge on any atom is -0.465 e. The number of hydrogen-bond donors (Lipinski definition) is 0. The van der Waals surface area contributed by atoms with Crippen LogP contribution in [0.5, 0.6) is 0 Å². The van der Waals surface area contributed by atoms with Crippen LogP contribution in [0.2, 0.25) is 0 Å². The van der Waals surface area contributed by atoms with Gasteiger partial charge in [-0.05, 0) is 12.5 Å². The highest BCUT2D eigenvalue weighted by atomic mass is 16.7. The van der Waals surface area contributed by atoms with Crippen molar-refractivity contribution in [1.29, 1.82) is 0 Å². The molecule has 1 fully saturated rings. The molecule has 2 heterocycles. The van der Waals surface area contributed by atoms with Crippen molar-refractivity contribution in [2.75, 3.05) is 26.2 Å². The molecule has 0 bridgehead atoms. The van der Waals surface area contributed by atoms with E-state index in [4.69, 9.17) is 16.1 Å². The summed E-state index contributed by atoms with van der Waals surface area (Å²) < 4.78 is 5.00. The second-order valence-corrected chi connectivity index (χ2v) is 6.23. The quantitative estimate of drug-likeness (QED) is 0.630. The largest absolute Gasteiger partial charge is 0.465 e. The normalized spacial score (nSPS) is 19.4. The molecule has 3 rings (SSSR count). The molecule has 0 radical (unpaired) electrons. The second kappa shape index (κ2) is 7.02. The van der Waals surface area contributed by atoms with Gasteiger partial charge < -0.3 is 9.57 Å². The number of carbonyl (C=O) groups excluding carboxylic acids is 1. The Balaban J connectivity index is 1.55. The van der Waals surface area contributed by atoms with Gasteiger partial charge in [-0.1, -0.05) is 29.4 Å². The van der Waals surface area contributed by atoms with Gasteiger partial charge in [0.25, 0.3) is 0 Å². The van der Waals surface area contributed by atoms with E-state index >= 15 is 0 Å². The van der Waals surface area contributed by atoms with E-state index in [9.17, 15) is 4.79 Å². The summed E-state index contributed by atoms with van der Waals surface area (Å²) >= 11 is 0. The van der Waals surface area contributed by atoms with Gasteiger partial charge >= 0.3 is 5.97 Å². The van der Waals surface area contributed by atoms with Crippen LogP contribution in [-0.4, -0.2) is 48.4 Å². The number of benzene rings is 1. The Bertz CT molecular complexity index is 668. The Morgan fingerprint density at radius 2 is 2.08 bits per heavy atom. The summed E-state index contributed by atoms with van der Waals surface area (Å²) in [4.78, 5) is 22.9. The molecule has 0 atom stereocenters. The summed E-state index contributed by atoms with van der Waals surface area (Å²) in [5.41, 5.74) is 2.32. The van der Waals surface area contributed by atoms with E-state index in [2.05, 4.69) is 14.9 Å². The topological polar surface area (TPSA) is 55.5 Å². The molecular formula is C18H21N3O3. The number of likely N-dealkylation sites (tertiary alicyclic amines) is 1. The maximum absolute atomic E-state index is 11.6. The van der Waals surface area contributed by atoms with E-state index in [-0.39, 0.29) is 11.6 Å². The maximum Gasteiger partial charge on any atom is 0.320 e. The number of piperidine rings is 1. The van der Waals surface area contributed by atoms with Gasteiger partial charge in [0.05, 0.1) is 25.4 Å². The Hall–Kier alpha value is -2.39.